The Kier molecular flexibility index (Phi) is 9.94. The van der Waals surface area contributed by atoms with E-state index in [-0.39, 0.29) is 0 Å². The minimum atomic E-state index is 0.521. The molecule has 0 spiro atoms. The maximum absolute atomic E-state index is 3.86. The van der Waals surface area contributed by atoms with Gasteiger partial charge in [-0.25, -0.2) is 0 Å². The summed E-state index contributed by atoms with van der Waals surface area (Å²) in [5, 5.41) is 1.35. The van der Waals surface area contributed by atoms with Gasteiger partial charge >= 0.3 is 0 Å². The Morgan fingerprint density at radius 2 is 1.71 bits per heavy atom. The second-order valence-electron chi connectivity index (χ2n) is 4.35. The fourth-order valence-electron chi connectivity index (χ4n) is 1.99. The van der Waals surface area contributed by atoms with Crippen LogP contribution in [0.3, 0.4) is 0 Å². The minimum Gasteiger partial charge on any atom is -0.104 e. The molecule has 0 aromatic carbocycles. The van der Waals surface area contributed by atoms with E-state index in [1.807, 2.05) is 18.2 Å². The van der Waals surface area contributed by atoms with Crippen molar-refractivity contribution in [3.8, 4) is 0 Å². The molecule has 0 aliphatic heterocycles. The molecule has 2 heteroatoms. The van der Waals surface area contributed by atoms with Crippen LogP contribution in [-0.2, 0) is 0 Å². The van der Waals surface area contributed by atoms with Gasteiger partial charge in [0.25, 0.3) is 0 Å². The smallest absolute Gasteiger partial charge is 0.104 e. The number of rotatable bonds is 10. The Bertz CT molecular complexity index is 269. The van der Waals surface area contributed by atoms with Crippen LogP contribution in [0.15, 0.2) is 48.6 Å². The average Bonchev–Trinajstić information content (AvgIpc) is 2.33. The van der Waals surface area contributed by atoms with Gasteiger partial charge in [-0.2, -0.15) is 0 Å². The third-order valence-corrected chi connectivity index (χ3v) is 3.50. The second kappa shape index (κ2) is 10.4. The zero-order valence-electron chi connectivity index (χ0n) is 11.2. The molecule has 0 N–H and O–H groups in total. The van der Waals surface area contributed by atoms with Gasteiger partial charge in [-0.15, -0.1) is 25.2 Å². The van der Waals surface area contributed by atoms with E-state index < -0.39 is 0 Å². The summed E-state index contributed by atoms with van der Waals surface area (Å²) in [4.78, 5) is 0. The van der Waals surface area contributed by atoms with Gasteiger partial charge in [0.05, 0.1) is 10.2 Å². The fourth-order valence-corrected chi connectivity index (χ4v) is 2.47. The Labute approximate surface area is 111 Å². The number of hydrogen-bond acceptors (Lipinski definition) is 0. The topological polar surface area (TPSA) is 0 Å². The normalized spacial score (nSPS) is 11.6. The quantitative estimate of drug-likeness (QED) is 0.389. The summed E-state index contributed by atoms with van der Waals surface area (Å²) in [5.41, 5.74) is 1.46. The molecule has 0 aliphatic rings. The summed E-state index contributed by atoms with van der Waals surface area (Å²) < 4.78 is 0. The monoisotopic (exact) mass is 243 g/mol. The van der Waals surface area contributed by atoms with E-state index in [0.717, 1.165) is 25.5 Å². The molecule has 0 bridgehead atoms. The molecule has 0 nitrogen and oxygen atoms in total. The van der Waals surface area contributed by atoms with E-state index in [4.69, 9.17) is 0 Å². The van der Waals surface area contributed by atoms with Crippen molar-refractivity contribution in [3.63, 3.8) is 0 Å². The van der Waals surface area contributed by atoms with Crippen molar-refractivity contribution in [1.82, 2.24) is 0 Å². The SMILES string of the molecule is C=CCB(CC=C)/C(CC=C)=C(\[Si])CCCC. The van der Waals surface area contributed by atoms with Gasteiger partial charge in [0.2, 0.25) is 0 Å². The van der Waals surface area contributed by atoms with Gasteiger partial charge in [0.1, 0.15) is 0 Å². The van der Waals surface area contributed by atoms with Crippen molar-refractivity contribution >= 4 is 17.0 Å². The molecule has 3 radical (unpaired) electrons. The predicted molar refractivity (Wildman–Crippen MR) is 82.9 cm³/mol. The lowest BCUT2D eigenvalue weighted by Crippen LogP contribution is -2.17. The average molecular weight is 243 g/mol. The lowest BCUT2D eigenvalue weighted by Gasteiger charge is -2.17. The predicted octanol–water partition coefficient (Wildman–Crippen LogP) is 4.58. The van der Waals surface area contributed by atoms with Gasteiger partial charge in [-0.3, -0.25) is 0 Å². The molecule has 0 rings (SSSR count). The zero-order chi connectivity index (χ0) is 13.1. The molecule has 0 aromatic rings. The third-order valence-electron chi connectivity index (χ3n) is 2.93. The molecule has 0 saturated carbocycles. The lowest BCUT2D eigenvalue weighted by atomic mass is 9.39. The fraction of sp³-hybridized carbons (Fsp3) is 0.467. The van der Waals surface area contributed by atoms with Crippen LogP contribution in [0.2, 0.25) is 12.6 Å². The summed E-state index contributed by atoms with van der Waals surface area (Å²) in [6.45, 7) is 14.3. The molecule has 0 atom stereocenters. The van der Waals surface area contributed by atoms with Gasteiger partial charge in [0.15, 0.2) is 6.71 Å². The van der Waals surface area contributed by atoms with Crippen LogP contribution in [0.5, 0.6) is 0 Å². The van der Waals surface area contributed by atoms with Gasteiger partial charge in [-0.1, -0.05) is 55.8 Å². The third kappa shape index (κ3) is 6.52. The van der Waals surface area contributed by atoms with Gasteiger partial charge in [-0.05, 0) is 12.8 Å². The first kappa shape index (κ1) is 16.2. The van der Waals surface area contributed by atoms with Crippen LogP contribution in [0.4, 0.5) is 0 Å². The lowest BCUT2D eigenvalue weighted by molar-refractivity contribution is 0.803. The first-order chi connectivity index (χ1) is 8.21. The van der Waals surface area contributed by atoms with E-state index in [1.54, 1.807) is 0 Å². The Hall–Kier alpha value is -0.758. The Morgan fingerprint density at radius 3 is 2.12 bits per heavy atom. The first-order valence-electron chi connectivity index (χ1n) is 6.47. The number of hydrogen-bond donors (Lipinski definition) is 0. The molecule has 91 valence electrons. The van der Waals surface area contributed by atoms with Crippen LogP contribution in [0, 0.1) is 0 Å². The minimum absolute atomic E-state index is 0.521. The molecule has 0 aliphatic carbocycles. The molecule has 0 aromatic heterocycles. The molecular weight excluding hydrogens is 219 g/mol. The van der Waals surface area contributed by atoms with Crippen molar-refractivity contribution in [1.29, 1.82) is 0 Å². The molecule has 0 fully saturated rings. The van der Waals surface area contributed by atoms with Crippen molar-refractivity contribution in [2.24, 2.45) is 0 Å². The highest BCUT2D eigenvalue weighted by atomic mass is 28.1. The summed E-state index contributed by atoms with van der Waals surface area (Å²) in [6, 6.07) is 0. The van der Waals surface area contributed by atoms with E-state index in [2.05, 4.69) is 36.9 Å². The highest BCUT2D eigenvalue weighted by molar-refractivity contribution is 6.68. The standard InChI is InChI=1S/C15H24BSi/c1-5-9-11-15(17)14(10-6-2)16(12-7-3)13-8-4/h6-8H,2-5,9-13H2,1H3/b15-14-. The first-order valence-corrected chi connectivity index (χ1v) is 6.97. The van der Waals surface area contributed by atoms with Crippen LogP contribution >= 0.6 is 0 Å². The maximum atomic E-state index is 3.86. The van der Waals surface area contributed by atoms with Crippen LogP contribution < -0.4 is 0 Å². The molecule has 0 heterocycles. The van der Waals surface area contributed by atoms with E-state index in [0.29, 0.717) is 6.71 Å². The number of unbranched alkanes of at least 4 members (excludes halogenated alkanes) is 1. The molecule has 17 heavy (non-hydrogen) atoms. The van der Waals surface area contributed by atoms with Crippen LogP contribution in [0.25, 0.3) is 0 Å². The van der Waals surface area contributed by atoms with E-state index >= 15 is 0 Å². The largest absolute Gasteiger partial charge is 0.177 e. The molecular formula is C15H24BSi. The Morgan fingerprint density at radius 1 is 1.12 bits per heavy atom. The van der Waals surface area contributed by atoms with Crippen molar-refractivity contribution < 1.29 is 0 Å². The van der Waals surface area contributed by atoms with Crippen molar-refractivity contribution in [2.75, 3.05) is 0 Å². The van der Waals surface area contributed by atoms with Crippen LogP contribution in [-0.4, -0.2) is 17.0 Å². The zero-order valence-corrected chi connectivity index (χ0v) is 12.2. The van der Waals surface area contributed by atoms with Crippen molar-refractivity contribution in [2.45, 2.75) is 45.2 Å². The highest BCUT2D eigenvalue weighted by Gasteiger charge is 2.16. The summed E-state index contributed by atoms with van der Waals surface area (Å²) in [5.74, 6) is 0. The van der Waals surface area contributed by atoms with E-state index in [9.17, 15) is 0 Å². The summed E-state index contributed by atoms with van der Waals surface area (Å²) >= 11 is 0. The Balaban J connectivity index is 4.90. The molecule has 0 saturated heterocycles. The summed E-state index contributed by atoms with van der Waals surface area (Å²) in [6.07, 6.45) is 12.5. The van der Waals surface area contributed by atoms with E-state index in [1.165, 1.54) is 23.5 Å². The molecule has 0 amide bonds. The number of allylic oxidation sites excluding steroid dienone is 5. The van der Waals surface area contributed by atoms with Crippen LogP contribution in [0.1, 0.15) is 32.6 Å². The van der Waals surface area contributed by atoms with Crippen molar-refractivity contribution in [3.05, 3.63) is 48.6 Å². The van der Waals surface area contributed by atoms with Gasteiger partial charge < -0.3 is 0 Å². The second-order valence-corrected chi connectivity index (χ2v) is 4.95. The highest BCUT2D eigenvalue weighted by Crippen LogP contribution is 2.21. The maximum Gasteiger partial charge on any atom is 0.177 e. The van der Waals surface area contributed by atoms with Gasteiger partial charge in [0, 0.05) is 0 Å². The molecule has 0 unspecified atom stereocenters. The summed E-state index contributed by atoms with van der Waals surface area (Å²) in [7, 11) is 3.81.